The minimum Gasteiger partial charge on any atom is -0.376 e. The van der Waals surface area contributed by atoms with Crippen molar-refractivity contribution in [1.29, 1.82) is 0 Å². The molecule has 0 saturated carbocycles. The molecule has 1 spiro atoms. The molecule has 1 aromatic rings. The van der Waals surface area contributed by atoms with E-state index in [1.54, 1.807) is 6.20 Å². The van der Waals surface area contributed by atoms with E-state index >= 15 is 0 Å². The van der Waals surface area contributed by atoms with Crippen LogP contribution in [0.5, 0.6) is 0 Å². The topological polar surface area (TPSA) is 75.6 Å². The lowest BCUT2D eigenvalue weighted by molar-refractivity contribution is -0.129. The average Bonchev–Trinajstić information content (AvgIpc) is 3.25. The summed E-state index contributed by atoms with van der Waals surface area (Å²) < 4.78 is 5.68. The summed E-state index contributed by atoms with van der Waals surface area (Å²) in [6.45, 7) is 3.70. The highest BCUT2D eigenvalue weighted by Crippen LogP contribution is 2.41. The van der Waals surface area contributed by atoms with Gasteiger partial charge >= 0.3 is 0 Å². The van der Waals surface area contributed by atoms with Crippen LogP contribution in [0, 0.1) is 5.41 Å². The molecule has 1 aromatic heterocycles. The van der Waals surface area contributed by atoms with E-state index in [1.165, 1.54) is 12.4 Å². The molecule has 4 rings (SSSR count). The van der Waals surface area contributed by atoms with Gasteiger partial charge in [0.15, 0.2) is 0 Å². The highest BCUT2D eigenvalue weighted by molar-refractivity contribution is 5.92. The van der Waals surface area contributed by atoms with E-state index in [2.05, 4.69) is 9.97 Å². The number of amides is 2. The Morgan fingerprint density at radius 3 is 2.84 bits per heavy atom. The highest BCUT2D eigenvalue weighted by atomic mass is 16.5. The Hall–Kier alpha value is -2.02. The molecule has 4 heterocycles. The van der Waals surface area contributed by atoms with Crippen LogP contribution in [0.4, 0.5) is 0 Å². The molecule has 134 valence electrons. The third-order valence-corrected chi connectivity index (χ3v) is 5.75. The quantitative estimate of drug-likeness (QED) is 0.821. The van der Waals surface area contributed by atoms with Crippen LogP contribution in [0.2, 0.25) is 0 Å². The first-order valence-corrected chi connectivity index (χ1v) is 9.10. The van der Waals surface area contributed by atoms with E-state index in [1.807, 2.05) is 9.80 Å². The van der Waals surface area contributed by atoms with Crippen molar-refractivity contribution in [3.63, 3.8) is 0 Å². The molecular formula is C18H24N4O3. The molecule has 1 unspecified atom stereocenters. The maximum atomic E-state index is 12.5. The van der Waals surface area contributed by atoms with Crippen LogP contribution < -0.4 is 0 Å². The van der Waals surface area contributed by atoms with Crippen molar-refractivity contribution in [2.24, 2.45) is 5.41 Å². The Balaban J connectivity index is 1.35. The van der Waals surface area contributed by atoms with Crippen molar-refractivity contribution in [1.82, 2.24) is 19.8 Å². The SMILES string of the molecule is O=C1CC2(CCN(C(=O)c3cnccn3)CC2)CN1CC1CCCO1. The van der Waals surface area contributed by atoms with E-state index in [0.29, 0.717) is 25.2 Å². The fraction of sp³-hybridized carbons (Fsp3) is 0.667. The Bertz CT molecular complexity index is 637. The molecule has 0 bridgehead atoms. The van der Waals surface area contributed by atoms with Gasteiger partial charge in [0.2, 0.25) is 5.91 Å². The summed E-state index contributed by atoms with van der Waals surface area (Å²) in [6.07, 6.45) is 9.31. The van der Waals surface area contributed by atoms with Gasteiger partial charge in [0.05, 0.1) is 12.3 Å². The molecule has 3 saturated heterocycles. The van der Waals surface area contributed by atoms with Gasteiger partial charge in [-0.15, -0.1) is 0 Å². The van der Waals surface area contributed by atoms with Crippen LogP contribution in [0.15, 0.2) is 18.6 Å². The van der Waals surface area contributed by atoms with Crippen LogP contribution in [0.1, 0.15) is 42.6 Å². The minimum atomic E-state index is -0.0662. The van der Waals surface area contributed by atoms with Crippen LogP contribution in [-0.4, -0.2) is 70.5 Å². The lowest BCUT2D eigenvalue weighted by Crippen LogP contribution is -2.45. The predicted molar refractivity (Wildman–Crippen MR) is 89.8 cm³/mol. The third-order valence-electron chi connectivity index (χ3n) is 5.75. The van der Waals surface area contributed by atoms with Crippen molar-refractivity contribution < 1.29 is 14.3 Å². The van der Waals surface area contributed by atoms with Crippen molar-refractivity contribution in [2.75, 3.05) is 32.8 Å². The standard InChI is InChI=1S/C18H24N4O3/c23-16-10-18(13-22(16)12-14-2-1-9-25-14)3-7-21(8-4-18)17(24)15-11-19-5-6-20-15/h5-6,11,14H,1-4,7-10,12-13H2. The van der Waals surface area contributed by atoms with Crippen molar-refractivity contribution in [3.05, 3.63) is 24.3 Å². The third kappa shape index (κ3) is 3.38. The molecule has 7 nitrogen and oxygen atoms in total. The number of carbonyl (C=O) groups excluding carboxylic acids is 2. The van der Waals surface area contributed by atoms with Gasteiger partial charge in [-0.3, -0.25) is 14.6 Å². The second-order valence-electron chi connectivity index (χ2n) is 7.47. The fourth-order valence-corrected chi connectivity index (χ4v) is 4.27. The van der Waals surface area contributed by atoms with E-state index in [9.17, 15) is 9.59 Å². The number of hydrogen-bond acceptors (Lipinski definition) is 5. The summed E-state index contributed by atoms with van der Waals surface area (Å²) in [5.41, 5.74) is 0.412. The number of rotatable bonds is 3. The summed E-state index contributed by atoms with van der Waals surface area (Å²) in [6, 6.07) is 0. The first-order valence-electron chi connectivity index (χ1n) is 9.10. The van der Waals surface area contributed by atoms with E-state index < -0.39 is 0 Å². The van der Waals surface area contributed by atoms with E-state index in [0.717, 1.165) is 45.4 Å². The lowest BCUT2D eigenvalue weighted by Gasteiger charge is -2.38. The zero-order valence-electron chi connectivity index (χ0n) is 14.4. The molecule has 25 heavy (non-hydrogen) atoms. The zero-order valence-corrected chi connectivity index (χ0v) is 14.4. The Kier molecular flexibility index (Phi) is 4.41. The second-order valence-corrected chi connectivity index (χ2v) is 7.47. The smallest absolute Gasteiger partial charge is 0.274 e. The van der Waals surface area contributed by atoms with Gasteiger partial charge in [-0.2, -0.15) is 0 Å². The van der Waals surface area contributed by atoms with Gasteiger partial charge in [0.1, 0.15) is 5.69 Å². The predicted octanol–water partition coefficient (Wildman–Crippen LogP) is 1.11. The minimum absolute atomic E-state index is 0.0227. The second kappa shape index (κ2) is 6.71. The molecule has 3 aliphatic heterocycles. The van der Waals surface area contributed by atoms with Crippen LogP contribution in [0.3, 0.4) is 0 Å². The summed E-state index contributed by atoms with van der Waals surface area (Å²) in [7, 11) is 0. The molecule has 0 aliphatic carbocycles. The Labute approximate surface area is 147 Å². The Morgan fingerprint density at radius 1 is 1.32 bits per heavy atom. The van der Waals surface area contributed by atoms with Crippen molar-refractivity contribution >= 4 is 11.8 Å². The molecule has 3 fully saturated rings. The highest BCUT2D eigenvalue weighted by Gasteiger charge is 2.46. The molecule has 1 atom stereocenters. The van der Waals surface area contributed by atoms with Gasteiger partial charge < -0.3 is 14.5 Å². The number of likely N-dealkylation sites (tertiary alicyclic amines) is 2. The number of carbonyl (C=O) groups is 2. The number of nitrogens with zero attached hydrogens (tertiary/aromatic N) is 4. The van der Waals surface area contributed by atoms with Gasteiger partial charge in [0.25, 0.3) is 5.91 Å². The van der Waals surface area contributed by atoms with E-state index in [4.69, 9.17) is 4.74 Å². The number of hydrogen-bond donors (Lipinski definition) is 0. The van der Waals surface area contributed by atoms with Crippen molar-refractivity contribution in [2.45, 2.75) is 38.2 Å². The zero-order chi connectivity index (χ0) is 17.3. The average molecular weight is 344 g/mol. The monoisotopic (exact) mass is 344 g/mol. The molecule has 0 radical (unpaired) electrons. The molecule has 0 N–H and O–H groups in total. The Morgan fingerprint density at radius 2 is 2.16 bits per heavy atom. The van der Waals surface area contributed by atoms with Gasteiger partial charge in [-0.05, 0) is 25.7 Å². The molecule has 0 aromatic carbocycles. The normalized spacial score (nSPS) is 25.8. The summed E-state index contributed by atoms with van der Waals surface area (Å²) in [4.78, 5) is 36.8. The summed E-state index contributed by atoms with van der Waals surface area (Å²) in [5, 5.41) is 0. The number of piperidine rings is 1. The molecule has 7 heteroatoms. The maximum absolute atomic E-state index is 12.5. The van der Waals surface area contributed by atoms with Gasteiger partial charge in [0, 0.05) is 57.0 Å². The molecule has 2 amide bonds. The van der Waals surface area contributed by atoms with E-state index in [-0.39, 0.29) is 23.3 Å². The largest absolute Gasteiger partial charge is 0.376 e. The van der Waals surface area contributed by atoms with Crippen LogP contribution >= 0.6 is 0 Å². The van der Waals surface area contributed by atoms with Gasteiger partial charge in [-0.25, -0.2) is 4.98 Å². The molecule has 3 aliphatic rings. The number of ether oxygens (including phenoxy) is 1. The first-order chi connectivity index (χ1) is 12.2. The first kappa shape index (κ1) is 16.4. The molecular weight excluding hydrogens is 320 g/mol. The lowest BCUT2D eigenvalue weighted by atomic mass is 9.77. The maximum Gasteiger partial charge on any atom is 0.274 e. The van der Waals surface area contributed by atoms with Crippen LogP contribution in [0.25, 0.3) is 0 Å². The van der Waals surface area contributed by atoms with Crippen LogP contribution in [-0.2, 0) is 9.53 Å². The van der Waals surface area contributed by atoms with Crippen molar-refractivity contribution in [3.8, 4) is 0 Å². The summed E-state index contributed by atoms with van der Waals surface area (Å²) in [5.74, 6) is 0.174. The van der Waals surface area contributed by atoms with Gasteiger partial charge in [-0.1, -0.05) is 0 Å². The number of aromatic nitrogens is 2. The summed E-state index contributed by atoms with van der Waals surface area (Å²) >= 11 is 0. The fourth-order valence-electron chi connectivity index (χ4n) is 4.27.